The standard InChI is InChI=1S/C30H41N7O3/c38-27(25-13-7-4-8-14-25)31-17-19-39-21-22-40-20-18-32-28-35-29(33-23-24-11-5-3-6-12-24)37-30(36-28)34-26-15-9-1-2-10-16-26/h3-8,11-14,26H,1-2,9-10,15-23H2,(H,31,38)(H3,32,33,34,35,36,37). The van der Waals surface area contributed by atoms with Crippen molar-refractivity contribution in [2.75, 3.05) is 55.5 Å². The van der Waals surface area contributed by atoms with E-state index in [1.807, 2.05) is 36.4 Å². The number of amides is 1. The highest BCUT2D eigenvalue weighted by molar-refractivity contribution is 5.94. The van der Waals surface area contributed by atoms with Crippen LogP contribution in [-0.2, 0) is 16.0 Å². The number of carbonyl (C=O) groups is 1. The van der Waals surface area contributed by atoms with E-state index >= 15 is 0 Å². The average molecular weight is 548 g/mol. The monoisotopic (exact) mass is 547 g/mol. The Morgan fingerprint density at radius 3 is 2.00 bits per heavy atom. The minimum atomic E-state index is -0.101. The van der Waals surface area contributed by atoms with Crippen LogP contribution in [0.3, 0.4) is 0 Å². The summed E-state index contributed by atoms with van der Waals surface area (Å²) >= 11 is 0. The van der Waals surface area contributed by atoms with Crippen molar-refractivity contribution in [3.8, 4) is 0 Å². The minimum Gasteiger partial charge on any atom is -0.377 e. The van der Waals surface area contributed by atoms with E-state index in [0.717, 1.165) is 18.4 Å². The van der Waals surface area contributed by atoms with Crippen LogP contribution in [-0.4, -0.2) is 66.4 Å². The third-order valence-electron chi connectivity index (χ3n) is 6.59. The van der Waals surface area contributed by atoms with Crippen molar-refractivity contribution in [3.63, 3.8) is 0 Å². The van der Waals surface area contributed by atoms with Gasteiger partial charge in [-0.3, -0.25) is 4.79 Å². The summed E-state index contributed by atoms with van der Waals surface area (Å²) in [6.45, 7) is 3.47. The molecule has 0 atom stereocenters. The molecule has 0 saturated heterocycles. The summed E-state index contributed by atoms with van der Waals surface area (Å²) in [5, 5.41) is 13.0. The SMILES string of the molecule is O=C(NCCOCCOCCNc1nc(NCc2ccccc2)nc(NC2CCCCCC2)n1)c1ccccc1. The zero-order chi connectivity index (χ0) is 27.7. The van der Waals surface area contributed by atoms with Gasteiger partial charge in [-0.1, -0.05) is 74.2 Å². The van der Waals surface area contributed by atoms with Gasteiger partial charge in [-0.15, -0.1) is 0 Å². The maximum absolute atomic E-state index is 12.0. The summed E-state index contributed by atoms with van der Waals surface area (Å²) in [5.74, 6) is 1.53. The first-order valence-corrected chi connectivity index (χ1v) is 14.3. The molecule has 0 bridgehead atoms. The van der Waals surface area contributed by atoms with E-state index in [4.69, 9.17) is 9.47 Å². The van der Waals surface area contributed by atoms with Gasteiger partial charge in [0.2, 0.25) is 17.8 Å². The van der Waals surface area contributed by atoms with Gasteiger partial charge in [-0.05, 0) is 30.5 Å². The van der Waals surface area contributed by atoms with Crippen molar-refractivity contribution >= 4 is 23.8 Å². The van der Waals surface area contributed by atoms with Crippen LogP contribution in [0.5, 0.6) is 0 Å². The predicted octanol–water partition coefficient (Wildman–Crippen LogP) is 4.49. The van der Waals surface area contributed by atoms with Crippen molar-refractivity contribution in [3.05, 3.63) is 71.8 Å². The van der Waals surface area contributed by atoms with Gasteiger partial charge >= 0.3 is 0 Å². The Morgan fingerprint density at radius 1 is 0.700 bits per heavy atom. The first-order chi connectivity index (χ1) is 19.8. The molecule has 1 heterocycles. The van der Waals surface area contributed by atoms with E-state index in [-0.39, 0.29) is 5.91 Å². The van der Waals surface area contributed by atoms with Crippen molar-refractivity contribution in [1.82, 2.24) is 20.3 Å². The van der Waals surface area contributed by atoms with Crippen molar-refractivity contribution in [1.29, 1.82) is 0 Å². The van der Waals surface area contributed by atoms with Crippen LogP contribution in [0.25, 0.3) is 0 Å². The summed E-state index contributed by atoms with van der Waals surface area (Å²) in [6.07, 6.45) is 7.32. The average Bonchev–Trinajstić information content (AvgIpc) is 3.26. The number of carbonyl (C=O) groups excluding carboxylic acids is 1. The van der Waals surface area contributed by atoms with Gasteiger partial charge in [-0.25, -0.2) is 0 Å². The van der Waals surface area contributed by atoms with Gasteiger partial charge in [0.1, 0.15) is 0 Å². The number of hydrogen-bond donors (Lipinski definition) is 4. The number of hydrogen-bond acceptors (Lipinski definition) is 9. The highest BCUT2D eigenvalue weighted by Gasteiger charge is 2.15. The molecule has 4 N–H and O–H groups in total. The predicted molar refractivity (Wildman–Crippen MR) is 158 cm³/mol. The Labute approximate surface area is 236 Å². The van der Waals surface area contributed by atoms with Crippen LogP contribution in [0.15, 0.2) is 60.7 Å². The lowest BCUT2D eigenvalue weighted by atomic mass is 10.1. The van der Waals surface area contributed by atoms with Gasteiger partial charge in [0.05, 0.1) is 26.4 Å². The molecule has 1 amide bonds. The van der Waals surface area contributed by atoms with Crippen molar-refractivity contribution < 1.29 is 14.3 Å². The zero-order valence-corrected chi connectivity index (χ0v) is 23.1. The number of rotatable bonds is 16. The largest absolute Gasteiger partial charge is 0.377 e. The second-order valence-corrected chi connectivity index (χ2v) is 9.75. The van der Waals surface area contributed by atoms with Crippen molar-refractivity contribution in [2.45, 2.75) is 51.1 Å². The number of benzene rings is 2. The summed E-state index contributed by atoms with van der Waals surface area (Å²) in [7, 11) is 0. The normalized spacial score (nSPS) is 13.8. The Hall–Kier alpha value is -3.76. The third-order valence-corrected chi connectivity index (χ3v) is 6.59. The first kappa shape index (κ1) is 29.2. The Bertz CT molecular complexity index is 1130. The number of nitrogens with zero attached hydrogens (tertiary/aromatic N) is 3. The summed E-state index contributed by atoms with van der Waals surface area (Å²) in [6, 6.07) is 19.7. The molecule has 4 rings (SSSR count). The van der Waals surface area contributed by atoms with Gasteiger partial charge in [0.15, 0.2) is 0 Å². The molecular formula is C30H41N7O3. The third kappa shape index (κ3) is 10.8. The van der Waals surface area contributed by atoms with Crippen LogP contribution in [0.1, 0.15) is 54.4 Å². The molecule has 214 valence electrons. The molecule has 40 heavy (non-hydrogen) atoms. The van der Waals surface area contributed by atoms with Gasteiger partial charge < -0.3 is 30.7 Å². The van der Waals surface area contributed by atoms with Crippen LogP contribution in [0.4, 0.5) is 17.8 Å². The first-order valence-electron chi connectivity index (χ1n) is 14.3. The number of ether oxygens (including phenoxy) is 2. The van der Waals surface area contributed by atoms with Crippen LogP contribution in [0, 0.1) is 0 Å². The lowest BCUT2D eigenvalue weighted by molar-refractivity contribution is 0.0519. The van der Waals surface area contributed by atoms with Gasteiger partial charge in [0, 0.05) is 31.2 Å². The molecule has 0 spiro atoms. The molecule has 1 saturated carbocycles. The molecule has 2 aromatic carbocycles. The zero-order valence-electron chi connectivity index (χ0n) is 23.1. The van der Waals surface area contributed by atoms with Crippen molar-refractivity contribution in [2.24, 2.45) is 0 Å². The fourth-order valence-corrected chi connectivity index (χ4v) is 4.47. The van der Waals surface area contributed by atoms with E-state index < -0.39 is 0 Å². The lowest BCUT2D eigenvalue weighted by Gasteiger charge is -2.17. The van der Waals surface area contributed by atoms with E-state index in [9.17, 15) is 4.79 Å². The molecule has 0 unspecified atom stereocenters. The maximum Gasteiger partial charge on any atom is 0.251 e. The fourth-order valence-electron chi connectivity index (χ4n) is 4.47. The summed E-state index contributed by atoms with van der Waals surface area (Å²) < 4.78 is 11.2. The maximum atomic E-state index is 12.0. The molecule has 10 heteroatoms. The molecule has 1 aliphatic carbocycles. The molecule has 10 nitrogen and oxygen atoms in total. The van der Waals surface area contributed by atoms with E-state index in [0.29, 0.717) is 75.5 Å². The number of aromatic nitrogens is 3. The molecule has 3 aromatic rings. The van der Waals surface area contributed by atoms with E-state index in [2.05, 4.69) is 48.4 Å². The lowest BCUT2D eigenvalue weighted by Crippen LogP contribution is -2.27. The Kier molecular flexibility index (Phi) is 12.5. The Balaban J connectivity index is 1.16. The van der Waals surface area contributed by atoms with Crippen LogP contribution in [0.2, 0.25) is 0 Å². The molecule has 1 aromatic heterocycles. The highest BCUT2D eigenvalue weighted by Crippen LogP contribution is 2.21. The van der Waals surface area contributed by atoms with Crippen LogP contribution < -0.4 is 21.3 Å². The molecule has 1 aliphatic rings. The topological polar surface area (TPSA) is 122 Å². The molecule has 0 radical (unpaired) electrons. The smallest absolute Gasteiger partial charge is 0.251 e. The minimum absolute atomic E-state index is 0.101. The van der Waals surface area contributed by atoms with Crippen LogP contribution >= 0.6 is 0 Å². The van der Waals surface area contributed by atoms with Gasteiger partial charge in [0.25, 0.3) is 5.91 Å². The summed E-state index contributed by atoms with van der Waals surface area (Å²) in [4.78, 5) is 25.8. The molecule has 1 fully saturated rings. The quantitative estimate of drug-likeness (QED) is 0.152. The van der Waals surface area contributed by atoms with E-state index in [1.165, 1.54) is 25.7 Å². The van der Waals surface area contributed by atoms with E-state index in [1.54, 1.807) is 12.1 Å². The fraction of sp³-hybridized carbons (Fsp3) is 0.467. The molecular weight excluding hydrogens is 506 g/mol. The second kappa shape index (κ2) is 17.0. The second-order valence-electron chi connectivity index (χ2n) is 9.75. The number of anilines is 3. The van der Waals surface area contributed by atoms with Gasteiger partial charge in [-0.2, -0.15) is 15.0 Å². The highest BCUT2D eigenvalue weighted by atomic mass is 16.5. The molecule has 0 aliphatic heterocycles. The Morgan fingerprint density at radius 2 is 1.30 bits per heavy atom. The number of nitrogens with one attached hydrogen (secondary N) is 4. The summed E-state index contributed by atoms with van der Waals surface area (Å²) in [5.41, 5.74) is 1.80.